The van der Waals surface area contributed by atoms with E-state index in [1.165, 1.54) is 4.57 Å². The first-order valence-corrected chi connectivity index (χ1v) is 11.8. The number of carbonyl (C=O) groups is 1. The second-order valence-electron chi connectivity index (χ2n) is 7.78. The summed E-state index contributed by atoms with van der Waals surface area (Å²) >= 11 is 1.07. The van der Waals surface area contributed by atoms with Crippen molar-refractivity contribution in [2.75, 3.05) is 5.75 Å². The Morgan fingerprint density at radius 1 is 1.06 bits per heavy atom. The van der Waals surface area contributed by atoms with Gasteiger partial charge in [-0.05, 0) is 36.8 Å². The summed E-state index contributed by atoms with van der Waals surface area (Å²) in [5, 5.41) is 23.5. The molecule has 8 heteroatoms. The van der Waals surface area contributed by atoms with Crippen LogP contribution < -0.4 is 10.9 Å². The number of carbonyl (C=O) groups excluding carboxylic acids is 1. The quantitative estimate of drug-likeness (QED) is 0.133. The van der Waals surface area contributed by atoms with Crippen LogP contribution in [-0.2, 0) is 11.3 Å². The van der Waals surface area contributed by atoms with Gasteiger partial charge >= 0.3 is 0 Å². The molecule has 0 fully saturated rings. The number of nitriles is 1. The molecular weight excluding hydrogens is 460 g/mol. The van der Waals surface area contributed by atoms with Gasteiger partial charge in [0.05, 0.1) is 22.3 Å². The SMILES string of the molecule is Cc1ccc(-n2c(SCC(O)=C(C#N)C(=O)NCc3ccccc3)nc3ccccc3c2=O)cc1. The summed E-state index contributed by atoms with van der Waals surface area (Å²) < 4.78 is 1.47. The predicted octanol–water partition coefficient (Wildman–Crippen LogP) is 4.44. The van der Waals surface area contributed by atoms with Gasteiger partial charge in [0.15, 0.2) is 10.7 Å². The molecule has 0 saturated carbocycles. The number of fused-ring (bicyclic) bond motifs is 1. The number of thioether (sulfide) groups is 1. The molecule has 0 saturated heterocycles. The first kappa shape index (κ1) is 23.8. The Hall–Kier alpha value is -4.35. The minimum Gasteiger partial charge on any atom is -0.510 e. The summed E-state index contributed by atoms with van der Waals surface area (Å²) in [6, 6.07) is 25.5. The summed E-state index contributed by atoms with van der Waals surface area (Å²) in [6.07, 6.45) is 0. The lowest BCUT2D eigenvalue weighted by Crippen LogP contribution is -2.25. The number of benzene rings is 3. The van der Waals surface area contributed by atoms with E-state index in [0.717, 1.165) is 22.9 Å². The number of aromatic nitrogens is 2. The summed E-state index contributed by atoms with van der Waals surface area (Å²) in [4.78, 5) is 30.5. The minimum atomic E-state index is -0.670. The van der Waals surface area contributed by atoms with Crippen molar-refractivity contribution >= 4 is 28.6 Å². The normalized spacial score (nSPS) is 11.5. The van der Waals surface area contributed by atoms with Crippen LogP contribution in [0, 0.1) is 18.3 Å². The van der Waals surface area contributed by atoms with Gasteiger partial charge in [0, 0.05) is 6.54 Å². The molecule has 0 radical (unpaired) electrons. The summed E-state index contributed by atoms with van der Waals surface area (Å²) in [6.45, 7) is 2.18. The molecule has 0 aliphatic heterocycles. The molecule has 35 heavy (non-hydrogen) atoms. The Kier molecular flexibility index (Phi) is 7.29. The smallest absolute Gasteiger partial charge is 0.266 e. The van der Waals surface area contributed by atoms with Crippen LogP contribution in [0.15, 0.2) is 100 Å². The highest BCUT2D eigenvalue weighted by atomic mass is 32.2. The fraction of sp³-hybridized carbons (Fsp3) is 0.111. The third kappa shape index (κ3) is 5.42. The lowest BCUT2D eigenvalue weighted by atomic mass is 10.2. The largest absolute Gasteiger partial charge is 0.510 e. The van der Waals surface area contributed by atoms with Crippen molar-refractivity contribution in [1.29, 1.82) is 5.26 Å². The Balaban J connectivity index is 1.63. The molecule has 1 aromatic heterocycles. The zero-order chi connectivity index (χ0) is 24.8. The fourth-order valence-corrected chi connectivity index (χ4v) is 4.34. The third-order valence-corrected chi connectivity index (χ3v) is 6.25. The Labute approximate surface area is 206 Å². The molecule has 0 atom stereocenters. The zero-order valence-corrected chi connectivity index (χ0v) is 19.7. The van der Waals surface area contributed by atoms with Gasteiger partial charge in [0.1, 0.15) is 11.8 Å². The number of aryl methyl sites for hydroxylation is 1. The van der Waals surface area contributed by atoms with E-state index in [9.17, 15) is 20.0 Å². The number of rotatable bonds is 7. The summed E-state index contributed by atoms with van der Waals surface area (Å²) in [7, 11) is 0. The van der Waals surface area contributed by atoms with Crippen molar-refractivity contribution in [2.24, 2.45) is 0 Å². The maximum absolute atomic E-state index is 13.3. The highest BCUT2D eigenvalue weighted by Gasteiger charge is 2.18. The molecule has 3 aromatic carbocycles. The van der Waals surface area contributed by atoms with Gasteiger partial charge in [-0.15, -0.1) is 0 Å². The number of aliphatic hydroxyl groups excluding tert-OH is 1. The molecule has 7 nitrogen and oxygen atoms in total. The van der Waals surface area contributed by atoms with Crippen LogP contribution in [0.25, 0.3) is 16.6 Å². The molecule has 2 N–H and O–H groups in total. The minimum absolute atomic E-state index is 0.113. The van der Waals surface area contributed by atoms with E-state index in [4.69, 9.17) is 0 Å². The standard InChI is InChI=1S/C27H22N4O3S/c1-18-11-13-20(14-12-18)31-26(34)21-9-5-6-10-23(21)30-27(31)35-17-24(32)22(15-28)25(33)29-16-19-7-3-2-4-8-19/h2-14,32H,16-17H2,1H3,(H,29,33). The second-order valence-corrected chi connectivity index (χ2v) is 8.72. The van der Waals surface area contributed by atoms with Crippen molar-refractivity contribution in [3.63, 3.8) is 0 Å². The lowest BCUT2D eigenvalue weighted by molar-refractivity contribution is -0.117. The maximum atomic E-state index is 13.3. The number of amides is 1. The third-order valence-electron chi connectivity index (χ3n) is 5.30. The number of para-hydroxylation sites is 1. The fourth-order valence-electron chi connectivity index (χ4n) is 3.45. The molecule has 4 rings (SSSR count). The van der Waals surface area contributed by atoms with Crippen molar-refractivity contribution in [1.82, 2.24) is 14.9 Å². The van der Waals surface area contributed by atoms with Crippen LogP contribution in [-0.4, -0.2) is 26.3 Å². The van der Waals surface area contributed by atoms with Gasteiger partial charge in [-0.2, -0.15) is 5.26 Å². The Morgan fingerprint density at radius 2 is 1.74 bits per heavy atom. The molecular formula is C27H22N4O3S. The summed E-state index contributed by atoms with van der Waals surface area (Å²) in [5.74, 6) is -1.17. The molecule has 1 heterocycles. The van der Waals surface area contributed by atoms with Gasteiger partial charge in [-0.1, -0.05) is 71.9 Å². The monoisotopic (exact) mass is 482 g/mol. The van der Waals surface area contributed by atoms with Gasteiger partial charge in [0.2, 0.25) is 0 Å². The van der Waals surface area contributed by atoms with E-state index in [-0.39, 0.29) is 29.2 Å². The molecule has 174 valence electrons. The van der Waals surface area contributed by atoms with E-state index in [2.05, 4.69) is 10.3 Å². The van der Waals surface area contributed by atoms with Crippen LogP contribution in [0.4, 0.5) is 0 Å². The average Bonchev–Trinajstić information content (AvgIpc) is 2.88. The first-order valence-electron chi connectivity index (χ1n) is 10.8. The van der Waals surface area contributed by atoms with Crippen LogP contribution in [0.1, 0.15) is 11.1 Å². The van der Waals surface area contributed by atoms with Crippen molar-refractivity contribution in [2.45, 2.75) is 18.6 Å². The number of aliphatic hydroxyl groups is 1. The van der Waals surface area contributed by atoms with Crippen molar-refractivity contribution < 1.29 is 9.90 Å². The summed E-state index contributed by atoms with van der Waals surface area (Å²) in [5.41, 5.74) is 2.45. The number of hydrogen-bond acceptors (Lipinski definition) is 6. The number of nitrogens with zero attached hydrogens (tertiary/aromatic N) is 3. The second kappa shape index (κ2) is 10.7. The topological polar surface area (TPSA) is 108 Å². The van der Waals surface area contributed by atoms with Crippen LogP contribution in [0.3, 0.4) is 0 Å². The van der Waals surface area contributed by atoms with Gasteiger partial charge < -0.3 is 10.4 Å². The molecule has 0 spiro atoms. The van der Waals surface area contributed by atoms with E-state index in [1.54, 1.807) is 30.3 Å². The van der Waals surface area contributed by atoms with Crippen LogP contribution in [0.2, 0.25) is 0 Å². The van der Waals surface area contributed by atoms with E-state index < -0.39 is 5.91 Å². The average molecular weight is 483 g/mol. The van der Waals surface area contributed by atoms with E-state index >= 15 is 0 Å². The van der Waals surface area contributed by atoms with Gasteiger partial charge in [0.25, 0.3) is 11.5 Å². The molecule has 0 aliphatic rings. The zero-order valence-electron chi connectivity index (χ0n) is 18.9. The molecule has 0 bridgehead atoms. The lowest BCUT2D eigenvalue weighted by Gasteiger charge is -2.13. The predicted molar refractivity (Wildman–Crippen MR) is 136 cm³/mol. The van der Waals surface area contributed by atoms with Crippen molar-refractivity contribution in [3.8, 4) is 11.8 Å². The Bertz CT molecular complexity index is 1500. The molecule has 0 aliphatic carbocycles. The number of nitrogens with one attached hydrogen (secondary N) is 1. The van der Waals surface area contributed by atoms with Gasteiger partial charge in [-0.3, -0.25) is 14.2 Å². The molecule has 0 unspecified atom stereocenters. The molecule has 4 aromatic rings. The van der Waals surface area contributed by atoms with Crippen LogP contribution >= 0.6 is 11.8 Å². The van der Waals surface area contributed by atoms with Crippen LogP contribution in [0.5, 0.6) is 0 Å². The highest BCUT2D eigenvalue weighted by Crippen LogP contribution is 2.23. The van der Waals surface area contributed by atoms with Gasteiger partial charge in [-0.25, -0.2) is 4.98 Å². The maximum Gasteiger partial charge on any atom is 0.266 e. The van der Waals surface area contributed by atoms with Crippen molar-refractivity contribution in [3.05, 3.63) is 112 Å². The number of hydrogen-bond donors (Lipinski definition) is 2. The molecule has 1 amide bonds. The first-order chi connectivity index (χ1) is 17.0. The van der Waals surface area contributed by atoms with E-state index in [0.29, 0.717) is 21.7 Å². The van der Waals surface area contributed by atoms with E-state index in [1.807, 2.05) is 61.5 Å². The Morgan fingerprint density at radius 3 is 2.46 bits per heavy atom. The highest BCUT2D eigenvalue weighted by molar-refractivity contribution is 7.99.